The summed E-state index contributed by atoms with van der Waals surface area (Å²) in [6.07, 6.45) is 0.245. The third-order valence-electron chi connectivity index (χ3n) is 1.98. The van der Waals surface area contributed by atoms with Crippen molar-refractivity contribution in [1.29, 1.82) is 0 Å². The number of urea groups is 1. The highest BCUT2D eigenvalue weighted by Gasteiger charge is 2.14. The zero-order chi connectivity index (χ0) is 12.1. The maximum absolute atomic E-state index is 11.3. The van der Waals surface area contributed by atoms with Crippen LogP contribution in [0.2, 0.25) is 0 Å². The van der Waals surface area contributed by atoms with Crippen LogP contribution >= 0.6 is 0 Å². The van der Waals surface area contributed by atoms with E-state index in [1.54, 1.807) is 0 Å². The Morgan fingerprint density at radius 2 is 1.87 bits per heavy atom. The first kappa shape index (κ1) is 14.2. The molecule has 1 unspecified atom stereocenters. The van der Waals surface area contributed by atoms with Crippen molar-refractivity contribution in [3.8, 4) is 0 Å². The summed E-state index contributed by atoms with van der Waals surface area (Å²) in [5.74, 6) is 0.234. The Kier molecular flexibility index (Phi) is 5.65. The first-order valence-electron chi connectivity index (χ1n) is 5.46. The molecule has 0 spiro atoms. The van der Waals surface area contributed by atoms with Gasteiger partial charge in [0, 0.05) is 12.1 Å². The second kappa shape index (κ2) is 5.95. The molecule has 90 valence electrons. The van der Waals surface area contributed by atoms with Crippen molar-refractivity contribution in [3.05, 3.63) is 0 Å². The van der Waals surface area contributed by atoms with Crippen molar-refractivity contribution in [3.63, 3.8) is 0 Å². The SMILES string of the molecule is CC(C)C(O)CCNC(=O)NC(C)(C)C. The van der Waals surface area contributed by atoms with Gasteiger partial charge in [0.25, 0.3) is 0 Å². The minimum atomic E-state index is -0.347. The Labute approximate surface area is 92.4 Å². The largest absolute Gasteiger partial charge is 0.393 e. The molecule has 4 nitrogen and oxygen atoms in total. The third-order valence-corrected chi connectivity index (χ3v) is 1.98. The highest BCUT2D eigenvalue weighted by molar-refractivity contribution is 5.74. The Hall–Kier alpha value is -0.770. The summed E-state index contributed by atoms with van der Waals surface area (Å²) in [6.45, 7) is 10.2. The maximum Gasteiger partial charge on any atom is 0.315 e. The summed E-state index contributed by atoms with van der Waals surface area (Å²) in [6, 6.07) is -0.182. The Balaban J connectivity index is 3.65. The van der Waals surface area contributed by atoms with Gasteiger partial charge < -0.3 is 15.7 Å². The lowest BCUT2D eigenvalue weighted by atomic mass is 10.0. The molecule has 2 amide bonds. The van der Waals surface area contributed by atoms with E-state index in [1.165, 1.54) is 0 Å². The van der Waals surface area contributed by atoms with Crippen molar-refractivity contribution >= 4 is 6.03 Å². The summed E-state index contributed by atoms with van der Waals surface area (Å²) < 4.78 is 0. The number of aliphatic hydroxyl groups excluding tert-OH is 1. The fourth-order valence-electron chi connectivity index (χ4n) is 1.05. The van der Waals surface area contributed by atoms with Gasteiger partial charge in [-0.2, -0.15) is 0 Å². The van der Waals surface area contributed by atoms with Gasteiger partial charge in [-0.25, -0.2) is 4.79 Å². The van der Waals surface area contributed by atoms with E-state index >= 15 is 0 Å². The molecule has 3 N–H and O–H groups in total. The minimum absolute atomic E-state index is 0.182. The molecule has 15 heavy (non-hydrogen) atoms. The summed E-state index contributed by atoms with van der Waals surface area (Å²) in [5, 5.41) is 15.0. The number of hydrogen-bond acceptors (Lipinski definition) is 2. The number of nitrogens with one attached hydrogen (secondary N) is 2. The first-order valence-corrected chi connectivity index (χ1v) is 5.46. The maximum atomic E-state index is 11.3. The number of hydrogen-bond donors (Lipinski definition) is 3. The van der Waals surface area contributed by atoms with Crippen LogP contribution in [-0.4, -0.2) is 29.3 Å². The topological polar surface area (TPSA) is 61.4 Å². The zero-order valence-electron chi connectivity index (χ0n) is 10.4. The average Bonchev–Trinajstić information content (AvgIpc) is 2.00. The smallest absolute Gasteiger partial charge is 0.315 e. The highest BCUT2D eigenvalue weighted by Crippen LogP contribution is 2.04. The van der Waals surface area contributed by atoms with E-state index < -0.39 is 0 Å². The van der Waals surface area contributed by atoms with Crippen LogP contribution in [0.4, 0.5) is 4.79 Å². The molecule has 0 aliphatic carbocycles. The van der Waals surface area contributed by atoms with E-state index in [1.807, 2.05) is 34.6 Å². The minimum Gasteiger partial charge on any atom is -0.393 e. The molecule has 0 aliphatic rings. The fraction of sp³-hybridized carbons (Fsp3) is 0.909. The average molecular weight is 216 g/mol. The van der Waals surface area contributed by atoms with Gasteiger partial charge in [-0.3, -0.25) is 0 Å². The fourth-order valence-corrected chi connectivity index (χ4v) is 1.05. The number of carbonyl (C=O) groups is 1. The Morgan fingerprint density at radius 1 is 1.33 bits per heavy atom. The molecule has 0 bridgehead atoms. The normalized spacial score (nSPS) is 13.8. The van der Waals surface area contributed by atoms with Gasteiger partial charge in [0.05, 0.1) is 6.10 Å². The molecule has 0 heterocycles. The van der Waals surface area contributed by atoms with Gasteiger partial charge >= 0.3 is 6.03 Å². The quantitative estimate of drug-likeness (QED) is 0.667. The van der Waals surface area contributed by atoms with E-state index in [2.05, 4.69) is 10.6 Å². The van der Waals surface area contributed by atoms with E-state index in [4.69, 9.17) is 0 Å². The Morgan fingerprint density at radius 3 is 2.27 bits per heavy atom. The first-order chi connectivity index (χ1) is 6.72. The molecular weight excluding hydrogens is 192 g/mol. The van der Waals surface area contributed by atoms with Crippen molar-refractivity contribution in [2.45, 2.75) is 52.7 Å². The summed E-state index contributed by atoms with van der Waals surface area (Å²) >= 11 is 0. The van der Waals surface area contributed by atoms with E-state index in [0.717, 1.165) is 0 Å². The molecule has 0 fully saturated rings. The number of aliphatic hydroxyl groups is 1. The second-order valence-electron chi connectivity index (χ2n) is 5.23. The number of carbonyl (C=O) groups excluding carboxylic acids is 1. The Bertz CT molecular complexity index is 197. The highest BCUT2D eigenvalue weighted by atomic mass is 16.3. The zero-order valence-corrected chi connectivity index (χ0v) is 10.4. The molecule has 4 heteroatoms. The monoisotopic (exact) mass is 216 g/mol. The molecule has 0 aromatic rings. The van der Waals surface area contributed by atoms with E-state index in [0.29, 0.717) is 13.0 Å². The molecule has 0 aliphatic heterocycles. The van der Waals surface area contributed by atoms with E-state index in [9.17, 15) is 9.90 Å². The predicted octanol–water partition coefficient (Wildman–Crippen LogP) is 1.49. The van der Waals surface area contributed by atoms with Crippen LogP contribution in [0.3, 0.4) is 0 Å². The molecular formula is C11H24N2O2. The van der Waals surface area contributed by atoms with Crippen molar-refractivity contribution in [2.75, 3.05) is 6.54 Å². The van der Waals surface area contributed by atoms with Gasteiger partial charge in [-0.1, -0.05) is 13.8 Å². The van der Waals surface area contributed by atoms with Crippen LogP contribution in [0.25, 0.3) is 0 Å². The summed E-state index contributed by atoms with van der Waals surface area (Å²) in [4.78, 5) is 11.3. The molecule has 1 atom stereocenters. The number of rotatable bonds is 4. The van der Waals surface area contributed by atoms with Crippen molar-refractivity contribution in [1.82, 2.24) is 10.6 Å². The van der Waals surface area contributed by atoms with Gasteiger partial charge in [0.1, 0.15) is 0 Å². The third kappa shape index (κ3) is 8.24. The van der Waals surface area contributed by atoms with Crippen LogP contribution in [0.1, 0.15) is 41.0 Å². The van der Waals surface area contributed by atoms with Crippen molar-refractivity contribution < 1.29 is 9.90 Å². The molecule has 0 saturated carbocycles. The van der Waals surface area contributed by atoms with Crippen LogP contribution in [0.5, 0.6) is 0 Å². The molecule has 0 aromatic heterocycles. The predicted molar refractivity (Wildman–Crippen MR) is 61.7 cm³/mol. The lowest BCUT2D eigenvalue weighted by Gasteiger charge is -2.21. The summed E-state index contributed by atoms with van der Waals surface area (Å²) in [7, 11) is 0. The molecule has 0 rings (SSSR count). The van der Waals surface area contributed by atoms with Crippen LogP contribution in [0.15, 0.2) is 0 Å². The van der Waals surface area contributed by atoms with Crippen molar-refractivity contribution in [2.24, 2.45) is 5.92 Å². The molecule has 0 radical (unpaired) electrons. The van der Waals surface area contributed by atoms with Crippen LogP contribution in [0, 0.1) is 5.92 Å². The summed E-state index contributed by atoms with van der Waals surface area (Å²) in [5.41, 5.74) is -0.221. The molecule has 0 aromatic carbocycles. The van der Waals surface area contributed by atoms with Gasteiger partial charge in [0.15, 0.2) is 0 Å². The van der Waals surface area contributed by atoms with Gasteiger partial charge in [0.2, 0.25) is 0 Å². The standard InChI is InChI=1S/C11H24N2O2/c1-8(2)9(14)6-7-12-10(15)13-11(3,4)5/h8-9,14H,6-7H2,1-5H3,(H2,12,13,15). The molecule has 0 saturated heterocycles. The van der Waals surface area contributed by atoms with Gasteiger partial charge in [-0.15, -0.1) is 0 Å². The number of amides is 2. The second-order valence-corrected chi connectivity index (χ2v) is 5.23. The van der Waals surface area contributed by atoms with Gasteiger partial charge in [-0.05, 0) is 33.1 Å². The lowest BCUT2D eigenvalue weighted by molar-refractivity contribution is 0.116. The van der Waals surface area contributed by atoms with Crippen LogP contribution < -0.4 is 10.6 Å². The van der Waals surface area contributed by atoms with E-state index in [-0.39, 0.29) is 23.6 Å². The lowest BCUT2D eigenvalue weighted by Crippen LogP contribution is -2.47. The van der Waals surface area contributed by atoms with Crippen LogP contribution in [-0.2, 0) is 0 Å².